The van der Waals surface area contributed by atoms with Crippen molar-refractivity contribution < 1.29 is 4.79 Å². The number of nitrogens with one attached hydrogen (secondary N) is 1. The van der Waals surface area contributed by atoms with E-state index in [0.717, 1.165) is 15.6 Å². The maximum absolute atomic E-state index is 11.7. The monoisotopic (exact) mass is 317 g/mol. The van der Waals surface area contributed by atoms with Gasteiger partial charge < -0.3 is 11.1 Å². The number of hydrogen-bond acceptors (Lipinski definition) is 4. The molecule has 0 spiro atoms. The lowest BCUT2D eigenvalue weighted by Gasteiger charge is -2.33. The molecule has 4 nitrogen and oxygen atoms in total. The molecule has 0 fully saturated rings. The molecule has 0 aliphatic carbocycles. The second-order valence-electron chi connectivity index (χ2n) is 5.11. The third-order valence-corrected chi connectivity index (χ3v) is 4.79. The Hall–Kier alpha value is -0.620. The number of nitrogens with zero attached hydrogens (tertiary/aromatic N) is 1. The van der Waals surface area contributed by atoms with E-state index >= 15 is 0 Å². The number of hydrogen-bond donors (Lipinski definition) is 2. The summed E-state index contributed by atoms with van der Waals surface area (Å²) in [5.41, 5.74) is 6.27. The van der Waals surface area contributed by atoms with E-state index in [2.05, 4.69) is 17.1 Å². The van der Waals surface area contributed by atoms with Gasteiger partial charge in [-0.05, 0) is 25.6 Å². The van der Waals surface area contributed by atoms with E-state index in [1.54, 1.807) is 18.4 Å². The molecule has 20 heavy (non-hydrogen) atoms. The van der Waals surface area contributed by atoms with Gasteiger partial charge in [-0.3, -0.25) is 9.69 Å². The minimum absolute atomic E-state index is 0.0200. The number of nitrogens with two attached hydrogens (primary N) is 1. The lowest BCUT2D eigenvalue weighted by molar-refractivity contribution is -0.124. The summed E-state index contributed by atoms with van der Waals surface area (Å²) >= 11 is 7.58. The van der Waals surface area contributed by atoms with Crippen LogP contribution < -0.4 is 11.1 Å². The van der Waals surface area contributed by atoms with Crippen LogP contribution in [0, 0.1) is 5.92 Å². The first-order valence-electron chi connectivity index (χ1n) is 6.83. The van der Waals surface area contributed by atoms with E-state index in [1.807, 2.05) is 26.1 Å². The molecule has 0 aliphatic rings. The van der Waals surface area contributed by atoms with Gasteiger partial charge in [-0.25, -0.2) is 0 Å². The minimum atomic E-state index is -0.0769. The molecule has 0 aromatic carbocycles. The second-order valence-corrected chi connectivity index (χ2v) is 6.86. The van der Waals surface area contributed by atoms with E-state index in [-0.39, 0.29) is 23.9 Å². The largest absolute Gasteiger partial charge is 0.359 e. The summed E-state index contributed by atoms with van der Waals surface area (Å²) in [4.78, 5) is 15.0. The van der Waals surface area contributed by atoms with Gasteiger partial charge in [0.1, 0.15) is 0 Å². The van der Waals surface area contributed by atoms with Crippen molar-refractivity contribution in [2.24, 2.45) is 11.7 Å². The van der Waals surface area contributed by atoms with Crippen molar-refractivity contribution in [2.75, 3.05) is 20.6 Å². The Bertz CT molecular complexity index is 438. The van der Waals surface area contributed by atoms with Crippen LogP contribution in [-0.4, -0.2) is 37.5 Å². The number of likely N-dealkylation sites (N-methyl/N-ethyl adjacent to an activating group) is 1. The van der Waals surface area contributed by atoms with Gasteiger partial charge in [-0.2, -0.15) is 0 Å². The zero-order chi connectivity index (χ0) is 15.3. The Kier molecular flexibility index (Phi) is 6.95. The van der Waals surface area contributed by atoms with E-state index in [4.69, 9.17) is 17.3 Å². The first kappa shape index (κ1) is 17.4. The van der Waals surface area contributed by atoms with Crippen molar-refractivity contribution in [3.8, 4) is 0 Å². The highest BCUT2D eigenvalue weighted by Gasteiger charge is 2.27. The first-order chi connectivity index (χ1) is 9.40. The quantitative estimate of drug-likeness (QED) is 0.812. The van der Waals surface area contributed by atoms with Crippen LogP contribution in [0.25, 0.3) is 0 Å². The molecule has 1 aromatic rings. The van der Waals surface area contributed by atoms with Gasteiger partial charge in [-0.15, -0.1) is 11.3 Å². The Labute approximate surface area is 130 Å². The Morgan fingerprint density at radius 1 is 1.55 bits per heavy atom. The normalized spacial score (nSPS) is 15.9. The molecule has 1 aromatic heterocycles. The van der Waals surface area contributed by atoms with E-state index < -0.39 is 0 Å². The van der Waals surface area contributed by atoms with Gasteiger partial charge in [0, 0.05) is 30.4 Å². The molecule has 0 aliphatic heterocycles. The molecule has 1 heterocycles. The third kappa shape index (κ3) is 4.45. The summed E-state index contributed by atoms with van der Waals surface area (Å²) in [5, 5.41) is 2.68. The molecule has 3 N–H and O–H groups in total. The van der Waals surface area contributed by atoms with Gasteiger partial charge in [0.15, 0.2) is 0 Å². The number of amides is 1. The van der Waals surface area contributed by atoms with Crippen LogP contribution >= 0.6 is 22.9 Å². The minimum Gasteiger partial charge on any atom is -0.359 e. The molecule has 0 radical (unpaired) electrons. The molecule has 1 rings (SSSR count). The summed E-state index contributed by atoms with van der Waals surface area (Å²) in [7, 11) is 3.67. The Morgan fingerprint density at radius 2 is 2.20 bits per heavy atom. The summed E-state index contributed by atoms with van der Waals surface area (Å²) in [5.74, 6) is -0.0307. The van der Waals surface area contributed by atoms with Crippen LogP contribution in [0.15, 0.2) is 12.1 Å². The van der Waals surface area contributed by atoms with E-state index in [0.29, 0.717) is 6.54 Å². The predicted octanol–water partition coefficient (Wildman–Crippen LogP) is 2.49. The number of halogens is 1. The number of carbonyl (C=O) groups is 1. The third-order valence-electron chi connectivity index (χ3n) is 3.49. The molecule has 6 heteroatoms. The highest BCUT2D eigenvalue weighted by molar-refractivity contribution is 7.16. The fourth-order valence-corrected chi connectivity index (χ4v) is 3.64. The van der Waals surface area contributed by atoms with Crippen molar-refractivity contribution >= 4 is 28.8 Å². The SMILES string of the molecule is CCC(N)C(c1ccc(Cl)s1)N(C)CC(C)C(=O)NC. The molecule has 114 valence electrons. The fourth-order valence-electron chi connectivity index (χ4n) is 2.34. The molecular weight excluding hydrogens is 294 g/mol. The standard InChI is InChI=1S/C14H24ClN3OS/c1-5-10(16)13(11-6-7-12(15)20-11)18(4)8-9(2)14(19)17-3/h6-7,9-10,13H,5,8,16H2,1-4H3,(H,17,19). The topological polar surface area (TPSA) is 58.4 Å². The van der Waals surface area contributed by atoms with Gasteiger partial charge in [0.2, 0.25) is 5.91 Å². The van der Waals surface area contributed by atoms with Crippen molar-refractivity contribution in [3.63, 3.8) is 0 Å². The van der Waals surface area contributed by atoms with Gasteiger partial charge in [0.25, 0.3) is 0 Å². The van der Waals surface area contributed by atoms with Gasteiger partial charge in [-0.1, -0.05) is 25.4 Å². The van der Waals surface area contributed by atoms with Crippen molar-refractivity contribution in [1.82, 2.24) is 10.2 Å². The van der Waals surface area contributed by atoms with E-state index in [9.17, 15) is 4.79 Å². The van der Waals surface area contributed by atoms with Gasteiger partial charge in [0.05, 0.1) is 10.4 Å². The summed E-state index contributed by atoms with van der Waals surface area (Å²) < 4.78 is 0.765. The zero-order valence-electron chi connectivity index (χ0n) is 12.5. The highest BCUT2D eigenvalue weighted by Crippen LogP contribution is 2.32. The molecular formula is C14H24ClN3OS. The Morgan fingerprint density at radius 3 is 2.65 bits per heavy atom. The van der Waals surface area contributed by atoms with Crippen LogP contribution in [0.3, 0.4) is 0 Å². The van der Waals surface area contributed by atoms with Crippen molar-refractivity contribution in [3.05, 3.63) is 21.3 Å². The lowest BCUT2D eigenvalue weighted by atomic mass is 10.0. The molecule has 3 unspecified atom stereocenters. The highest BCUT2D eigenvalue weighted by atomic mass is 35.5. The first-order valence-corrected chi connectivity index (χ1v) is 8.02. The maximum Gasteiger partial charge on any atom is 0.223 e. The molecule has 0 saturated heterocycles. The van der Waals surface area contributed by atoms with E-state index in [1.165, 1.54) is 0 Å². The Balaban J connectivity index is 2.86. The summed E-state index contributed by atoms with van der Waals surface area (Å²) in [6.45, 7) is 4.65. The summed E-state index contributed by atoms with van der Waals surface area (Å²) in [6.07, 6.45) is 0.874. The summed E-state index contributed by atoms with van der Waals surface area (Å²) in [6, 6.07) is 4.03. The average Bonchev–Trinajstić information content (AvgIpc) is 2.83. The molecule has 0 saturated carbocycles. The number of thiophene rings is 1. The predicted molar refractivity (Wildman–Crippen MR) is 86.2 cm³/mol. The van der Waals surface area contributed by atoms with Crippen LogP contribution in [0.1, 0.15) is 31.2 Å². The molecule has 0 bridgehead atoms. The van der Waals surface area contributed by atoms with Crippen LogP contribution in [0.2, 0.25) is 4.34 Å². The average molecular weight is 318 g/mol. The number of carbonyl (C=O) groups excluding carboxylic acids is 1. The number of rotatable bonds is 7. The second kappa shape index (κ2) is 7.98. The zero-order valence-corrected chi connectivity index (χ0v) is 14.1. The lowest BCUT2D eigenvalue weighted by Crippen LogP contribution is -2.42. The van der Waals surface area contributed by atoms with Crippen molar-refractivity contribution in [2.45, 2.75) is 32.4 Å². The van der Waals surface area contributed by atoms with Crippen LogP contribution in [0.5, 0.6) is 0 Å². The smallest absolute Gasteiger partial charge is 0.223 e. The van der Waals surface area contributed by atoms with Crippen LogP contribution in [-0.2, 0) is 4.79 Å². The fraction of sp³-hybridized carbons (Fsp3) is 0.643. The molecule has 1 amide bonds. The van der Waals surface area contributed by atoms with Crippen LogP contribution in [0.4, 0.5) is 0 Å². The van der Waals surface area contributed by atoms with Gasteiger partial charge >= 0.3 is 0 Å². The maximum atomic E-state index is 11.7. The van der Waals surface area contributed by atoms with Crippen molar-refractivity contribution in [1.29, 1.82) is 0 Å². The molecule has 3 atom stereocenters.